The molecule has 0 aromatic rings. The van der Waals surface area contributed by atoms with Gasteiger partial charge in [-0.25, -0.2) is 0 Å². The normalized spacial score (nSPS) is 44.8. The van der Waals surface area contributed by atoms with Crippen LogP contribution in [0.2, 0.25) is 0 Å². The highest BCUT2D eigenvalue weighted by Crippen LogP contribution is 2.33. The van der Waals surface area contributed by atoms with E-state index in [-0.39, 0.29) is 0 Å². The topological polar surface area (TPSA) is 15.3 Å². The van der Waals surface area contributed by atoms with Crippen LogP contribution in [0.4, 0.5) is 0 Å². The van der Waals surface area contributed by atoms with Crippen LogP contribution in [0.25, 0.3) is 0 Å². The van der Waals surface area contributed by atoms with Gasteiger partial charge in [0.25, 0.3) is 0 Å². The van der Waals surface area contributed by atoms with Crippen LogP contribution in [-0.2, 0) is 0 Å². The van der Waals surface area contributed by atoms with Crippen molar-refractivity contribution in [2.45, 2.75) is 83.3 Å². The van der Waals surface area contributed by atoms with Crippen LogP contribution >= 0.6 is 0 Å². The molecule has 110 valence electrons. The smallest absolute Gasteiger partial charge is 0.0197 e. The fraction of sp³-hybridized carbons (Fsp3) is 1.00. The van der Waals surface area contributed by atoms with Gasteiger partial charge in [0.05, 0.1) is 0 Å². The molecule has 1 saturated carbocycles. The summed E-state index contributed by atoms with van der Waals surface area (Å²) in [5.74, 6) is 1.94. The molecule has 2 saturated heterocycles. The van der Waals surface area contributed by atoms with Gasteiger partial charge in [0.2, 0.25) is 0 Å². The van der Waals surface area contributed by atoms with Gasteiger partial charge in [0, 0.05) is 24.7 Å². The molecule has 0 aromatic heterocycles. The Morgan fingerprint density at radius 2 is 1.84 bits per heavy atom. The molecule has 1 aliphatic carbocycles. The third kappa shape index (κ3) is 3.33. The van der Waals surface area contributed by atoms with Crippen LogP contribution in [-0.4, -0.2) is 36.1 Å². The lowest BCUT2D eigenvalue weighted by Crippen LogP contribution is -2.55. The molecular weight excluding hydrogens is 232 g/mol. The van der Waals surface area contributed by atoms with Crippen molar-refractivity contribution in [3.05, 3.63) is 0 Å². The van der Waals surface area contributed by atoms with E-state index >= 15 is 0 Å². The minimum absolute atomic E-state index is 0.773. The maximum atomic E-state index is 3.99. The lowest BCUT2D eigenvalue weighted by Gasteiger charge is -2.44. The third-order valence-electron chi connectivity index (χ3n) is 5.98. The number of hydrogen-bond donors (Lipinski definition) is 1. The summed E-state index contributed by atoms with van der Waals surface area (Å²) in [5, 5.41) is 3.99. The Morgan fingerprint density at radius 3 is 2.68 bits per heavy atom. The minimum atomic E-state index is 0.773. The Labute approximate surface area is 119 Å². The van der Waals surface area contributed by atoms with E-state index in [9.17, 15) is 0 Å². The third-order valence-corrected chi connectivity index (χ3v) is 5.98. The lowest BCUT2D eigenvalue weighted by atomic mass is 9.77. The molecule has 3 aliphatic rings. The number of fused-ring (bicyclic) bond motifs is 1. The van der Waals surface area contributed by atoms with E-state index in [0.717, 1.165) is 30.0 Å². The lowest BCUT2D eigenvalue weighted by molar-refractivity contribution is 0.0904. The second kappa shape index (κ2) is 6.13. The Hall–Kier alpha value is -0.0800. The summed E-state index contributed by atoms with van der Waals surface area (Å²) in [7, 11) is 0. The SMILES string of the molecule is CC1CCN(CC2CCC3CCCCC3N2)C(C)C1. The molecule has 3 fully saturated rings. The second-order valence-electron chi connectivity index (χ2n) is 7.57. The summed E-state index contributed by atoms with van der Waals surface area (Å²) in [6, 6.07) is 2.43. The first-order valence-electron chi connectivity index (χ1n) is 8.72. The Bertz CT molecular complexity index is 291. The highest BCUT2D eigenvalue weighted by Gasteiger charge is 2.33. The van der Waals surface area contributed by atoms with Crippen LogP contribution < -0.4 is 5.32 Å². The minimum Gasteiger partial charge on any atom is -0.310 e. The molecule has 0 spiro atoms. The predicted molar refractivity (Wildman–Crippen MR) is 81.3 cm³/mol. The molecule has 1 N–H and O–H groups in total. The molecule has 2 nitrogen and oxygen atoms in total. The van der Waals surface area contributed by atoms with E-state index in [1.165, 1.54) is 64.5 Å². The van der Waals surface area contributed by atoms with Crippen LogP contribution in [0.15, 0.2) is 0 Å². The molecule has 5 atom stereocenters. The maximum Gasteiger partial charge on any atom is 0.0197 e. The Kier molecular flexibility index (Phi) is 4.48. The highest BCUT2D eigenvalue weighted by molar-refractivity contribution is 4.91. The Balaban J connectivity index is 1.50. The average Bonchev–Trinajstić information content (AvgIpc) is 2.42. The summed E-state index contributed by atoms with van der Waals surface area (Å²) >= 11 is 0. The summed E-state index contributed by atoms with van der Waals surface area (Å²) in [5.41, 5.74) is 0. The number of nitrogens with one attached hydrogen (secondary N) is 1. The van der Waals surface area contributed by atoms with Gasteiger partial charge < -0.3 is 5.32 Å². The van der Waals surface area contributed by atoms with E-state index in [0.29, 0.717) is 0 Å². The largest absolute Gasteiger partial charge is 0.310 e. The fourth-order valence-electron chi connectivity index (χ4n) is 4.73. The zero-order chi connectivity index (χ0) is 13.2. The number of hydrogen-bond acceptors (Lipinski definition) is 2. The molecule has 2 aliphatic heterocycles. The van der Waals surface area contributed by atoms with E-state index in [1.807, 2.05) is 0 Å². The van der Waals surface area contributed by atoms with Crippen molar-refractivity contribution >= 4 is 0 Å². The zero-order valence-electron chi connectivity index (χ0n) is 12.9. The first-order chi connectivity index (χ1) is 9.22. The standard InChI is InChI=1S/C17H32N2/c1-13-9-10-19(14(2)11-13)12-16-8-7-15-5-3-4-6-17(15)18-16/h13-18H,3-12H2,1-2H3. The van der Waals surface area contributed by atoms with Crippen molar-refractivity contribution < 1.29 is 0 Å². The summed E-state index contributed by atoms with van der Waals surface area (Å²) in [4.78, 5) is 2.75. The van der Waals surface area contributed by atoms with Crippen molar-refractivity contribution in [2.24, 2.45) is 11.8 Å². The van der Waals surface area contributed by atoms with Gasteiger partial charge in [-0.3, -0.25) is 4.90 Å². The molecule has 19 heavy (non-hydrogen) atoms. The van der Waals surface area contributed by atoms with Crippen LogP contribution in [0.3, 0.4) is 0 Å². The van der Waals surface area contributed by atoms with Crippen molar-refractivity contribution in [3.63, 3.8) is 0 Å². The maximum absolute atomic E-state index is 3.99. The van der Waals surface area contributed by atoms with Gasteiger partial charge in [-0.05, 0) is 63.8 Å². The van der Waals surface area contributed by atoms with Gasteiger partial charge in [-0.15, -0.1) is 0 Å². The molecule has 0 radical (unpaired) electrons. The first kappa shape index (κ1) is 13.9. The molecular formula is C17H32N2. The van der Waals surface area contributed by atoms with Crippen LogP contribution in [0.1, 0.15) is 65.2 Å². The molecule has 2 heterocycles. The number of likely N-dealkylation sites (tertiary alicyclic amines) is 1. The average molecular weight is 264 g/mol. The number of nitrogens with zero attached hydrogens (tertiary/aromatic N) is 1. The first-order valence-corrected chi connectivity index (χ1v) is 8.72. The van der Waals surface area contributed by atoms with Crippen molar-refractivity contribution in [1.29, 1.82) is 0 Å². The summed E-state index contributed by atoms with van der Waals surface area (Å²) in [6.07, 6.45) is 11.6. The van der Waals surface area contributed by atoms with Gasteiger partial charge in [-0.1, -0.05) is 19.8 Å². The number of piperidine rings is 2. The van der Waals surface area contributed by atoms with E-state index in [1.54, 1.807) is 0 Å². The fourth-order valence-corrected chi connectivity index (χ4v) is 4.73. The molecule has 0 amide bonds. The second-order valence-corrected chi connectivity index (χ2v) is 7.57. The van der Waals surface area contributed by atoms with Gasteiger partial charge in [0.15, 0.2) is 0 Å². The number of rotatable bonds is 2. The van der Waals surface area contributed by atoms with E-state index in [2.05, 4.69) is 24.1 Å². The Morgan fingerprint density at radius 1 is 1.00 bits per heavy atom. The quantitative estimate of drug-likeness (QED) is 0.822. The molecule has 0 aromatic carbocycles. The summed E-state index contributed by atoms with van der Waals surface area (Å²) in [6.45, 7) is 7.48. The van der Waals surface area contributed by atoms with Crippen LogP contribution in [0, 0.1) is 11.8 Å². The highest BCUT2D eigenvalue weighted by atomic mass is 15.2. The van der Waals surface area contributed by atoms with Crippen LogP contribution in [0.5, 0.6) is 0 Å². The molecule has 5 unspecified atom stereocenters. The molecule has 3 rings (SSSR count). The van der Waals surface area contributed by atoms with Crippen molar-refractivity contribution in [3.8, 4) is 0 Å². The monoisotopic (exact) mass is 264 g/mol. The molecule has 2 heteroatoms. The van der Waals surface area contributed by atoms with Crippen molar-refractivity contribution in [1.82, 2.24) is 10.2 Å². The molecule has 0 bridgehead atoms. The summed E-state index contributed by atoms with van der Waals surface area (Å²) < 4.78 is 0. The van der Waals surface area contributed by atoms with Gasteiger partial charge in [0.1, 0.15) is 0 Å². The predicted octanol–water partition coefficient (Wildman–Crippen LogP) is 3.42. The van der Waals surface area contributed by atoms with E-state index < -0.39 is 0 Å². The van der Waals surface area contributed by atoms with Gasteiger partial charge in [-0.2, -0.15) is 0 Å². The van der Waals surface area contributed by atoms with Gasteiger partial charge >= 0.3 is 0 Å². The van der Waals surface area contributed by atoms with Crippen molar-refractivity contribution in [2.75, 3.05) is 13.1 Å². The zero-order valence-corrected chi connectivity index (χ0v) is 12.9. The van der Waals surface area contributed by atoms with E-state index in [4.69, 9.17) is 0 Å².